The molecule has 2 heterocycles. The van der Waals surface area contributed by atoms with Gasteiger partial charge in [0.1, 0.15) is 0 Å². The van der Waals surface area contributed by atoms with E-state index in [2.05, 4.69) is 40.6 Å². The zero-order valence-corrected chi connectivity index (χ0v) is 7.23. The molecule has 0 spiro atoms. The summed E-state index contributed by atoms with van der Waals surface area (Å²) >= 11 is 0. The van der Waals surface area contributed by atoms with Gasteiger partial charge in [0, 0.05) is 5.56 Å². The second-order valence-electron chi connectivity index (χ2n) is 3.32. The molecule has 0 saturated carbocycles. The van der Waals surface area contributed by atoms with Crippen molar-refractivity contribution in [3.05, 3.63) is 29.3 Å². The number of fused-ring (bicyclic) bond motifs is 3. The molecule has 0 bridgehead atoms. The molecule has 1 aromatic heterocycles. The molecule has 4 nitrogen and oxygen atoms in total. The van der Waals surface area contributed by atoms with Gasteiger partial charge in [-0.25, -0.2) is 4.68 Å². The maximum atomic E-state index is 3.98. The van der Waals surface area contributed by atoms with E-state index in [0.29, 0.717) is 0 Å². The highest BCUT2D eigenvalue weighted by Gasteiger charge is 2.20. The zero-order valence-electron chi connectivity index (χ0n) is 7.23. The van der Waals surface area contributed by atoms with E-state index in [1.807, 2.05) is 4.68 Å². The van der Waals surface area contributed by atoms with Gasteiger partial charge < -0.3 is 0 Å². The van der Waals surface area contributed by atoms with Crippen molar-refractivity contribution in [3.63, 3.8) is 0 Å². The Morgan fingerprint density at radius 1 is 1.38 bits per heavy atom. The van der Waals surface area contributed by atoms with Crippen LogP contribution in [0, 0.1) is 6.92 Å². The molecule has 0 radical (unpaired) electrons. The van der Waals surface area contributed by atoms with Gasteiger partial charge in [-0.05, 0) is 29.0 Å². The van der Waals surface area contributed by atoms with Gasteiger partial charge in [-0.2, -0.15) is 0 Å². The molecule has 0 fully saturated rings. The Bertz CT molecular complexity index is 472. The number of tetrazole rings is 1. The molecule has 0 N–H and O–H groups in total. The summed E-state index contributed by atoms with van der Waals surface area (Å²) in [5.74, 6) is 0.888. The lowest BCUT2D eigenvalue weighted by Crippen LogP contribution is -1.94. The van der Waals surface area contributed by atoms with E-state index in [1.54, 1.807) is 0 Å². The highest BCUT2D eigenvalue weighted by Crippen LogP contribution is 2.28. The van der Waals surface area contributed by atoms with Crippen molar-refractivity contribution in [3.8, 4) is 11.4 Å². The Labute approximate surface area is 75.2 Å². The molecule has 64 valence electrons. The average Bonchev–Trinajstić information content (AvgIpc) is 2.64. The van der Waals surface area contributed by atoms with Crippen molar-refractivity contribution < 1.29 is 0 Å². The van der Waals surface area contributed by atoms with E-state index >= 15 is 0 Å². The van der Waals surface area contributed by atoms with Crippen LogP contribution in [0.1, 0.15) is 11.1 Å². The lowest BCUT2D eigenvalue weighted by Gasteiger charge is -1.97. The van der Waals surface area contributed by atoms with Crippen LogP contribution in [0.25, 0.3) is 11.4 Å². The van der Waals surface area contributed by atoms with Crippen LogP contribution in [0.4, 0.5) is 0 Å². The van der Waals surface area contributed by atoms with Gasteiger partial charge in [-0.1, -0.05) is 17.7 Å². The normalized spacial score (nSPS) is 12.7. The maximum Gasteiger partial charge on any atom is 0.182 e. The Morgan fingerprint density at radius 3 is 3.23 bits per heavy atom. The van der Waals surface area contributed by atoms with E-state index in [1.165, 1.54) is 16.7 Å². The molecule has 1 aromatic carbocycles. The minimum absolute atomic E-state index is 0.804. The second-order valence-corrected chi connectivity index (χ2v) is 3.32. The topological polar surface area (TPSA) is 43.6 Å². The number of benzene rings is 1. The van der Waals surface area contributed by atoms with Crippen molar-refractivity contribution in [2.45, 2.75) is 13.5 Å². The molecule has 13 heavy (non-hydrogen) atoms. The number of rotatable bonds is 0. The van der Waals surface area contributed by atoms with Crippen molar-refractivity contribution in [1.82, 2.24) is 20.2 Å². The van der Waals surface area contributed by atoms with E-state index in [9.17, 15) is 0 Å². The van der Waals surface area contributed by atoms with Crippen LogP contribution < -0.4 is 0 Å². The first kappa shape index (κ1) is 6.77. The molecular weight excluding hydrogens is 164 g/mol. The SMILES string of the molecule is Cc1ccc2c(c1)-c1nnnn1C2. The number of hydrogen-bond acceptors (Lipinski definition) is 3. The van der Waals surface area contributed by atoms with E-state index < -0.39 is 0 Å². The Hall–Kier alpha value is -1.71. The molecule has 0 aliphatic carbocycles. The lowest BCUT2D eigenvalue weighted by molar-refractivity contribution is 0.670. The van der Waals surface area contributed by atoms with Crippen molar-refractivity contribution in [2.24, 2.45) is 0 Å². The third kappa shape index (κ3) is 0.824. The number of aromatic nitrogens is 4. The molecule has 3 rings (SSSR count). The highest BCUT2D eigenvalue weighted by molar-refractivity contribution is 5.64. The highest BCUT2D eigenvalue weighted by atomic mass is 15.5. The zero-order chi connectivity index (χ0) is 8.84. The summed E-state index contributed by atoms with van der Waals surface area (Å²) in [5, 5.41) is 11.5. The van der Waals surface area contributed by atoms with Crippen LogP contribution in [0.5, 0.6) is 0 Å². The Balaban J connectivity index is 2.31. The van der Waals surface area contributed by atoms with E-state index in [4.69, 9.17) is 0 Å². The summed E-state index contributed by atoms with van der Waals surface area (Å²) in [6.45, 7) is 2.88. The van der Waals surface area contributed by atoms with Crippen LogP contribution in [-0.2, 0) is 6.54 Å². The Kier molecular flexibility index (Phi) is 1.12. The monoisotopic (exact) mass is 172 g/mol. The Morgan fingerprint density at radius 2 is 2.31 bits per heavy atom. The summed E-state index contributed by atoms with van der Waals surface area (Å²) in [5.41, 5.74) is 3.70. The molecule has 2 aromatic rings. The van der Waals surface area contributed by atoms with Gasteiger partial charge in [0.25, 0.3) is 0 Å². The maximum absolute atomic E-state index is 3.98. The molecular formula is C9H8N4. The lowest BCUT2D eigenvalue weighted by atomic mass is 10.1. The minimum atomic E-state index is 0.804. The molecule has 0 amide bonds. The van der Waals surface area contributed by atoms with Crippen molar-refractivity contribution in [2.75, 3.05) is 0 Å². The summed E-state index contributed by atoms with van der Waals surface area (Å²) < 4.78 is 1.82. The third-order valence-electron chi connectivity index (χ3n) is 2.36. The first-order valence-corrected chi connectivity index (χ1v) is 4.21. The largest absolute Gasteiger partial charge is 0.221 e. The average molecular weight is 172 g/mol. The van der Waals surface area contributed by atoms with Gasteiger partial charge >= 0.3 is 0 Å². The molecule has 0 unspecified atom stereocenters. The summed E-state index contributed by atoms with van der Waals surface area (Å²) in [7, 11) is 0. The fourth-order valence-corrected chi connectivity index (χ4v) is 1.70. The minimum Gasteiger partial charge on any atom is -0.221 e. The second kappa shape index (κ2) is 2.16. The van der Waals surface area contributed by atoms with Gasteiger partial charge in [0.15, 0.2) is 5.82 Å². The predicted octanol–water partition coefficient (Wildman–Crippen LogP) is 1.01. The first-order valence-electron chi connectivity index (χ1n) is 4.21. The fourth-order valence-electron chi connectivity index (χ4n) is 1.70. The fraction of sp³-hybridized carbons (Fsp3) is 0.222. The van der Waals surface area contributed by atoms with Gasteiger partial charge in [-0.15, -0.1) is 5.10 Å². The predicted molar refractivity (Wildman–Crippen MR) is 47.1 cm³/mol. The van der Waals surface area contributed by atoms with E-state index in [-0.39, 0.29) is 0 Å². The van der Waals surface area contributed by atoms with Crippen molar-refractivity contribution >= 4 is 0 Å². The summed E-state index contributed by atoms with van der Waals surface area (Å²) in [6, 6.07) is 6.37. The van der Waals surface area contributed by atoms with Crippen LogP contribution >= 0.6 is 0 Å². The van der Waals surface area contributed by atoms with E-state index in [0.717, 1.165) is 12.4 Å². The number of nitrogens with zero attached hydrogens (tertiary/aromatic N) is 4. The standard InChI is InChI=1S/C9H8N4/c1-6-2-3-7-5-13-9(8(7)4-6)10-11-12-13/h2-4H,5H2,1H3. The number of aryl methyl sites for hydroxylation is 1. The van der Waals surface area contributed by atoms with Crippen molar-refractivity contribution in [1.29, 1.82) is 0 Å². The third-order valence-corrected chi connectivity index (χ3v) is 2.36. The number of hydrogen-bond donors (Lipinski definition) is 0. The smallest absolute Gasteiger partial charge is 0.182 e. The first-order chi connectivity index (χ1) is 6.34. The summed E-state index contributed by atoms with van der Waals surface area (Å²) in [4.78, 5) is 0. The van der Waals surface area contributed by atoms with Crippen LogP contribution in [0.15, 0.2) is 18.2 Å². The van der Waals surface area contributed by atoms with Crippen LogP contribution in [0.3, 0.4) is 0 Å². The molecule has 0 saturated heterocycles. The molecule has 1 aliphatic heterocycles. The molecule has 0 atom stereocenters. The van der Waals surface area contributed by atoms with Gasteiger partial charge in [-0.3, -0.25) is 0 Å². The van der Waals surface area contributed by atoms with Crippen LogP contribution in [0.2, 0.25) is 0 Å². The quantitative estimate of drug-likeness (QED) is 0.508. The van der Waals surface area contributed by atoms with Gasteiger partial charge in [0.05, 0.1) is 6.54 Å². The van der Waals surface area contributed by atoms with Gasteiger partial charge in [0.2, 0.25) is 0 Å². The summed E-state index contributed by atoms with van der Waals surface area (Å²) in [6.07, 6.45) is 0. The van der Waals surface area contributed by atoms with Crippen LogP contribution in [-0.4, -0.2) is 20.2 Å². The molecule has 1 aliphatic rings. The molecule has 4 heteroatoms.